The molecule has 0 saturated heterocycles. The molecule has 1 radical (unpaired) electrons. The molecule has 0 amide bonds. The third-order valence-electron chi connectivity index (χ3n) is 1.92. The van der Waals surface area contributed by atoms with Gasteiger partial charge in [-0.15, -0.1) is 0 Å². The molecule has 3 nitrogen and oxygen atoms in total. The molecule has 2 rings (SSSR count). The standard InChI is InChI=1S/C12H11N2O/c1-2-15-12-13-9-8-11(14-12)10-6-4-3-5-7-10/h4-9H,2H2,1H3. The van der Waals surface area contributed by atoms with Crippen molar-refractivity contribution in [1.82, 2.24) is 9.97 Å². The highest BCUT2D eigenvalue weighted by Crippen LogP contribution is 2.17. The van der Waals surface area contributed by atoms with Crippen molar-refractivity contribution in [2.24, 2.45) is 0 Å². The minimum absolute atomic E-state index is 0.419. The van der Waals surface area contributed by atoms with E-state index in [1.807, 2.05) is 37.3 Å². The zero-order valence-electron chi connectivity index (χ0n) is 8.47. The fraction of sp³-hybridized carbons (Fsp3) is 0.167. The molecule has 0 aliphatic carbocycles. The number of benzene rings is 1. The van der Waals surface area contributed by atoms with Gasteiger partial charge in [0, 0.05) is 11.8 Å². The Hall–Kier alpha value is -1.90. The van der Waals surface area contributed by atoms with Gasteiger partial charge < -0.3 is 4.74 Å². The van der Waals surface area contributed by atoms with Gasteiger partial charge in [0.2, 0.25) is 0 Å². The molecule has 0 unspecified atom stereocenters. The molecule has 0 N–H and O–H groups in total. The Morgan fingerprint density at radius 2 is 2.07 bits per heavy atom. The highest BCUT2D eigenvalue weighted by molar-refractivity contribution is 5.58. The summed E-state index contributed by atoms with van der Waals surface area (Å²) in [4.78, 5) is 8.30. The third kappa shape index (κ3) is 2.31. The summed E-state index contributed by atoms with van der Waals surface area (Å²) in [6.45, 7) is 2.49. The molecule has 0 aliphatic heterocycles. The van der Waals surface area contributed by atoms with Crippen molar-refractivity contribution < 1.29 is 4.74 Å². The lowest BCUT2D eigenvalue weighted by Gasteiger charge is -2.03. The largest absolute Gasteiger partial charge is 0.464 e. The summed E-state index contributed by atoms with van der Waals surface area (Å²) in [5, 5.41) is 0. The molecule has 0 aliphatic rings. The highest BCUT2D eigenvalue weighted by atomic mass is 16.5. The molecule has 0 fully saturated rings. The Bertz CT molecular complexity index is 429. The number of nitrogens with zero attached hydrogens (tertiary/aromatic N) is 2. The second-order valence-corrected chi connectivity index (χ2v) is 2.95. The zero-order chi connectivity index (χ0) is 10.5. The maximum Gasteiger partial charge on any atom is 0.316 e. The molecule has 1 aromatic heterocycles. The number of hydrogen-bond acceptors (Lipinski definition) is 3. The Kier molecular flexibility index (Phi) is 2.93. The lowest BCUT2D eigenvalue weighted by molar-refractivity contribution is 0.313. The van der Waals surface area contributed by atoms with Gasteiger partial charge in [-0.1, -0.05) is 24.3 Å². The summed E-state index contributed by atoms with van der Waals surface area (Å²) < 4.78 is 5.24. The van der Waals surface area contributed by atoms with Crippen molar-refractivity contribution in [1.29, 1.82) is 0 Å². The van der Waals surface area contributed by atoms with Crippen LogP contribution in [0.25, 0.3) is 11.3 Å². The lowest BCUT2D eigenvalue weighted by Crippen LogP contribution is -1.97. The van der Waals surface area contributed by atoms with Gasteiger partial charge in [0.1, 0.15) is 0 Å². The number of rotatable bonds is 3. The molecular formula is C12H11N2O. The maximum absolute atomic E-state index is 5.24. The van der Waals surface area contributed by atoms with E-state index in [1.54, 1.807) is 6.20 Å². The van der Waals surface area contributed by atoms with E-state index in [1.165, 1.54) is 0 Å². The molecular weight excluding hydrogens is 188 g/mol. The zero-order valence-corrected chi connectivity index (χ0v) is 8.47. The SMILES string of the molecule is CCOc1nccc(-c2cc[c]cc2)n1. The lowest BCUT2D eigenvalue weighted by atomic mass is 10.1. The maximum atomic E-state index is 5.24. The first-order chi connectivity index (χ1) is 7.40. The number of ether oxygens (including phenoxy) is 1. The Labute approximate surface area is 88.8 Å². The average molecular weight is 199 g/mol. The molecule has 0 spiro atoms. The molecule has 3 heteroatoms. The van der Waals surface area contributed by atoms with Crippen molar-refractivity contribution in [3.05, 3.63) is 42.6 Å². The first-order valence-corrected chi connectivity index (χ1v) is 4.82. The van der Waals surface area contributed by atoms with Gasteiger partial charge in [0.25, 0.3) is 0 Å². The topological polar surface area (TPSA) is 35.0 Å². The first kappa shape index (κ1) is 9.65. The fourth-order valence-corrected chi connectivity index (χ4v) is 1.26. The summed E-state index contributed by atoms with van der Waals surface area (Å²) >= 11 is 0. The van der Waals surface area contributed by atoms with Crippen LogP contribution in [0.1, 0.15) is 6.92 Å². The summed E-state index contributed by atoms with van der Waals surface area (Å²) in [6.07, 6.45) is 1.70. The van der Waals surface area contributed by atoms with Gasteiger partial charge in [-0.05, 0) is 19.1 Å². The van der Waals surface area contributed by atoms with Crippen LogP contribution in [0.5, 0.6) is 6.01 Å². The van der Waals surface area contributed by atoms with Gasteiger partial charge in [-0.3, -0.25) is 0 Å². The minimum Gasteiger partial charge on any atom is -0.464 e. The van der Waals surface area contributed by atoms with E-state index in [4.69, 9.17) is 4.74 Å². The van der Waals surface area contributed by atoms with Crippen LogP contribution in [0.15, 0.2) is 36.5 Å². The van der Waals surface area contributed by atoms with E-state index in [0.29, 0.717) is 12.6 Å². The van der Waals surface area contributed by atoms with Crippen molar-refractivity contribution in [3.63, 3.8) is 0 Å². The van der Waals surface area contributed by atoms with Gasteiger partial charge in [-0.2, -0.15) is 4.98 Å². The van der Waals surface area contributed by atoms with Crippen LogP contribution in [0, 0.1) is 6.07 Å². The van der Waals surface area contributed by atoms with E-state index >= 15 is 0 Å². The predicted octanol–water partition coefficient (Wildman–Crippen LogP) is 2.34. The first-order valence-electron chi connectivity index (χ1n) is 4.82. The van der Waals surface area contributed by atoms with Gasteiger partial charge in [0.05, 0.1) is 12.3 Å². The predicted molar refractivity (Wildman–Crippen MR) is 57.5 cm³/mol. The smallest absolute Gasteiger partial charge is 0.316 e. The summed E-state index contributed by atoms with van der Waals surface area (Å²) in [6, 6.07) is 12.9. The van der Waals surface area contributed by atoms with E-state index in [9.17, 15) is 0 Å². The average Bonchev–Trinajstić information content (AvgIpc) is 2.31. The molecule has 0 saturated carbocycles. The minimum atomic E-state index is 0.419. The van der Waals surface area contributed by atoms with Crippen molar-refractivity contribution in [2.45, 2.75) is 6.92 Å². The fourth-order valence-electron chi connectivity index (χ4n) is 1.26. The van der Waals surface area contributed by atoms with Crippen molar-refractivity contribution in [2.75, 3.05) is 6.61 Å². The number of hydrogen-bond donors (Lipinski definition) is 0. The Balaban J connectivity index is 2.33. The Morgan fingerprint density at radius 3 is 2.80 bits per heavy atom. The second kappa shape index (κ2) is 4.55. The van der Waals surface area contributed by atoms with Crippen LogP contribution in [0.4, 0.5) is 0 Å². The second-order valence-electron chi connectivity index (χ2n) is 2.95. The Morgan fingerprint density at radius 1 is 1.27 bits per heavy atom. The van der Waals surface area contributed by atoms with Crippen LogP contribution in [-0.4, -0.2) is 16.6 Å². The van der Waals surface area contributed by atoms with E-state index < -0.39 is 0 Å². The van der Waals surface area contributed by atoms with Crippen LogP contribution in [0.3, 0.4) is 0 Å². The summed E-state index contributed by atoms with van der Waals surface area (Å²) in [5.41, 5.74) is 1.90. The van der Waals surface area contributed by atoms with E-state index in [-0.39, 0.29) is 0 Å². The summed E-state index contributed by atoms with van der Waals surface area (Å²) in [7, 11) is 0. The number of aromatic nitrogens is 2. The molecule has 1 heterocycles. The third-order valence-corrected chi connectivity index (χ3v) is 1.92. The van der Waals surface area contributed by atoms with Gasteiger partial charge in [0.15, 0.2) is 0 Å². The van der Waals surface area contributed by atoms with E-state index in [2.05, 4.69) is 16.0 Å². The molecule has 0 bridgehead atoms. The molecule has 2 aromatic rings. The van der Waals surface area contributed by atoms with E-state index in [0.717, 1.165) is 11.3 Å². The van der Waals surface area contributed by atoms with Crippen LogP contribution >= 0.6 is 0 Å². The monoisotopic (exact) mass is 199 g/mol. The molecule has 1 aromatic carbocycles. The van der Waals surface area contributed by atoms with Gasteiger partial charge >= 0.3 is 6.01 Å². The van der Waals surface area contributed by atoms with Crippen LogP contribution in [0.2, 0.25) is 0 Å². The highest BCUT2D eigenvalue weighted by Gasteiger charge is 2.01. The molecule has 15 heavy (non-hydrogen) atoms. The molecule has 75 valence electrons. The van der Waals surface area contributed by atoms with Gasteiger partial charge in [-0.25, -0.2) is 4.98 Å². The normalized spacial score (nSPS) is 9.93. The van der Waals surface area contributed by atoms with Crippen molar-refractivity contribution >= 4 is 0 Å². The molecule has 0 atom stereocenters. The summed E-state index contributed by atoms with van der Waals surface area (Å²) in [5.74, 6) is 0. The van der Waals surface area contributed by atoms with Crippen LogP contribution < -0.4 is 4.74 Å². The van der Waals surface area contributed by atoms with Crippen molar-refractivity contribution in [3.8, 4) is 17.3 Å². The van der Waals surface area contributed by atoms with Crippen LogP contribution in [-0.2, 0) is 0 Å². The quantitative estimate of drug-likeness (QED) is 0.761.